The summed E-state index contributed by atoms with van der Waals surface area (Å²) in [6.45, 7) is 7.22. The first-order valence-electron chi connectivity index (χ1n) is 6.87. The van der Waals surface area contributed by atoms with Crippen molar-refractivity contribution in [1.29, 1.82) is 0 Å². The van der Waals surface area contributed by atoms with Crippen LogP contribution in [0.2, 0.25) is 5.02 Å². The van der Waals surface area contributed by atoms with Crippen molar-refractivity contribution in [2.24, 2.45) is 0 Å². The highest BCUT2D eigenvalue weighted by Crippen LogP contribution is 2.30. The van der Waals surface area contributed by atoms with Crippen molar-refractivity contribution in [2.75, 3.05) is 6.54 Å². The Bertz CT molecular complexity index is 566. The fourth-order valence-corrected chi connectivity index (χ4v) is 2.34. The van der Waals surface area contributed by atoms with Crippen LogP contribution in [-0.4, -0.2) is 6.54 Å². The molecule has 0 aromatic heterocycles. The third-order valence-electron chi connectivity index (χ3n) is 3.21. The second-order valence-electron chi connectivity index (χ2n) is 4.88. The van der Waals surface area contributed by atoms with Crippen molar-refractivity contribution >= 4 is 11.6 Å². The maximum Gasteiger partial charge on any atom is 0.146 e. The summed E-state index contributed by atoms with van der Waals surface area (Å²) < 4.78 is 5.81. The molecule has 2 rings (SSSR count). The van der Waals surface area contributed by atoms with Gasteiger partial charge in [-0.25, -0.2) is 0 Å². The van der Waals surface area contributed by atoms with Gasteiger partial charge in [0.1, 0.15) is 11.5 Å². The van der Waals surface area contributed by atoms with E-state index in [1.807, 2.05) is 37.3 Å². The van der Waals surface area contributed by atoms with Crippen LogP contribution in [0, 0.1) is 6.92 Å². The second-order valence-corrected chi connectivity index (χ2v) is 5.29. The summed E-state index contributed by atoms with van der Waals surface area (Å²) >= 11 is 6.17. The molecule has 0 amide bonds. The Morgan fingerprint density at radius 2 is 1.85 bits per heavy atom. The Labute approximate surface area is 125 Å². The molecule has 1 unspecified atom stereocenters. The van der Waals surface area contributed by atoms with Gasteiger partial charge in [0.2, 0.25) is 0 Å². The third-order valence-corrected chi connectivity index (χ3v) is 3.50. The van der Waals surface area contributed by atoms with Crippen LogP contribution in [0.5, 0.6) is 11.5 Å². The van der Waals surface area contributed by atoms with Crippen LogP contribution < -0.4 is 10.1 Å². The van der Waals surface area contributed by atoms with Crippen molar-refractivity contribution in [3.05, 3.63) is 58.6 Å². The van der Waals surface area contributed by atoms with Gasteiger partial charge in [-0.1, -0.05) is 36.7 Å². The lowest BCUT2D eigenvalue weighted by Gasteiger charge is -2.13. The molecule has 3 heteroatoms. The zero-order valence-electron chi connectivity index (χ0n) is 12.1. The molecular formula is C17H20ClNO. The van der Waals surface area contributed by atoms with Gasteiger partial charge in [-0.15, -0.1) is 0 Å². The highest BCUT2D eigenvalue weighted by Gasteiger charge is 2.06. The van der Waals surface area contributed by atoms with Crippen molar-refractivity contribution in [3.8, 4) is 11.5 Å². The number of nitrogens with one attached hydrogen (secondary N) is 1. The highest BCUT2D eigenvalue weighted by molar-refractivity contribution is 6.32. The van der Waals surface area contributed by atoms with E-state index in [2.05, 4.69) is 31.3 Å². The molecule has 0 aliphatic heterocycles. The van der Waals surface area contributed by atoms with E-state index in [0.29, 0.717) is 16.8 Å². The van der Waals surface area contributed by atoms with E-state index in [1.54, 1.807) is 0 Å². The molecule has 0 fully saturated rings. The third kappa shape index (κ3) is 3.75. The van der Waals surface area contributed by atoms with Crippen molar-refractivity contribution in [2.45, 2.75) is 26.8 Å². The minimum absolute atomic E-state index is 0.344. The molecule has 0 spiro atoms. The first-order chi connectivity index (χ1) is 9.60. The fraction of sp³-hybridized carbons (Fsp3) is 0.294. The Balaban J connectivity index is 2.10. The van der Waals surface area contributed by atoms with Gasteiger partial charge in [-0.2, -0.15) is 0 Å². The molecular weight excluding hydrogens is 270 g/mol. The number of halogens is 1. The predicted molar refractivity (Wildman–Crippen MR) is 84.8 cm³/mol. The van der Waals surface area contributed by atoms with Gasteiger partial charge in [0.05, 0.1) is 5.02 Å². The van der Waals surface area contributed by atoms with Crippen LogP contribution in [0.1, 0.15) is 31.0 Å². The minimum atomic E-state index is 0.344. The van der Waals surface area contributed by atoms with E-state index < -0.39 is 0 Å². The Kier molecular flexibility index (Phi) is 5.05. The number of benzene rings is 2. The van der Waals surface area contributed by atoms with Crippen LogP contribution in [0.4, 0.5) is 0 Å². The van der Waals surface area contributed by atoms with Gasteiger partial charge < -0.3 is 10.1 Å². The van der Waals surface area contributed by atoms with Gasteiger partial charge in [-0.05, 0) is 55.8 Å². The van der Waals surface area contributed by atoms with E-state index in [1.165, 1.54) is 5.56 Å². The lowest BCUT2D eigenvalue weighted by Crippen LogP contribution is -2.17. The topological polar surface area (TPSA) is 21.3 Å². The Morgan fingerprint density at radius 1 is 1.15 bits per heavy atom. The second kappa shape index (κ2) is 6.78. The molecule has 0 radical (unpaired) electrons. The van der Waals surface area contributed by atoms with Crippen molar-refractivity contribution < 1.29 is 4.74 Å². The molecule has 0 heterocycles. The molecule has 1 N–H and O–H groups in total. The number of aryl methyl sites for hydroxylation is 1. The minimum Gasteiger partial charge on any atom is -0.456 e. The van der Waals surface area contributed by atoms with Gasteiger partial charge in [-0.3, -0.25) is 0 Å². The molecule has 106 valence electrons. The van der Waals surface area contributed by atoms with Crippen LogP contribution in [0.25, 0.3) is 0 Å². The molecule has 0 saturated carbocycles. The monoisotopic (exact) mass is 289 g/mol. The van der Waals surface area contributed by atoms with E-state index in [9.17, 15) is 0 Å². The number of ether oxygens (including phenoxy) is 1. The Hall–Kier alpha value is -1.51. The summed E-state index contributed by atoms with van der Waals surface area (Å²) in [7, 11) is 0. The summed E-state index contributed by atoms with van der Waals surface area (Å²) in [5.41, 5.74) is 2.37. The maximum atomic E-state index is 6.17. The molecule has 0 aliphatic rings. The van der Waals surface area contributed by atoms with Gasteiger partial charge >= 0.3 is 0 Å². The largest absolute Gasteiger partial charge is 0.456 e. The first kappa shape index (κ1) is 14.9. The summed E-state index contributed by atoms with van der Waals surface area (Å²) in [4.78, 5) is 0. The first-order valence-corrected chi connectivity index (χ1v) is 7.25. The zero-order chi connectivity index (χ0) is 14.5. The fourth-order valence-electron chi connectivity index (χ4n) is 2.06. The lowest BCUT2D eigenvalue weighted by atomic mass is 10.1. The number of rotatable bonds is 5. The molecule has 0 bridgehead atoms. The molecule has 2 aromatic carbocycles. The normalized spacial score (nSPS) is 12.2. The lowest BCUT2D eigenvalue weighted by molar-refractivity contribution is 0.482. The maximum absolute atomic E-state index is 6.17. The van der Waals surface area contributed by atoms with Crippen molar-refractivity contribution in [1.82, 2.24) is 5.32 Å². The van der Waals surface area contributed by atoms with Gasteiger partial charge in [0.25, 0.3) is 0 Å². The van der Waals surface area contributed by atoms with E-state index in [-0.39, 0.29) is 0 Å². The Morgan fingerprint density at radius 3 is 2.45 bits per heavy atom. The average molecular weight is 290 g/mol. The van der Waals surface area contributed by atoms with E-state index in [0.717, 1.165) is 17.9 Å². The van der Waals surface area contributed by atoms with Crippen molar-refractivity contribution in [3.63, 3.8) is 0 Å². The predicted octanol–water partition coefficient (Wildman–Crippen LogP) is 5.11. The SMILES string of the molecule is CCNC(C)c1ccc(Oc2ccc(C)cc2Cl)cc1. The summed E-state index contributed by atoms with van der Waals surface area (Å²) in [6.07, 6.45) is 0. The van der Waals surface area contributed by atoms with E-state index >= 15 is 0 Å². The molecule has 20 heavy (non-hydrogen) atoms. The smallest absolute Gasteiger partial charge is 0.146 e. The van der Waals surface area contributed by atoms with Crippen LogP contribution in [-0.2, 0) is 0 Å². The standard InChI is InChI=1S/C17H20ClNO/c1-4-19-13(3)14-6-8-15(9-7-14)20-17-10-5-12(2)11-16(17)18/h5-11,13,19H,4H2,1-3H3. The molecule has 1 atom stereocenters. The molecule has 0 saturated heterocycles. The zero-order valence-corrected chi connectivity index (χ0v) is 12.9. The quantitative estimate of drug-likeness (QED) is 0.826. The van der Waals surface area contributed by atoms with Crippen LogP contribution >= 0.6 is 11.6 Å². The van der Waals surface area contributed by atoms with Gasteiger partial charge in [0.15, 0.2) is 0 Å². The molecule has 2 aromatic rings. The average Bonchev–Trinajstić information content (AvgIpc) is 2.43. The van der Waals surface area contributed by atoms with E-state index in [4.69, 9.17) is 16.3 Å². The van der Waals surface area contributed by atoms with Crippen LogP contribution in [0.3, 0.4) is 0 Å². The van der Waals surface area contributed by atoms with Gasteiger partial charge in [0, 0.05) is 6.04 Å². The highest BCUT2D eigenvalue weighted by atomic mass is 35.5. The number of hydrogen-bond acceptors (Lipinski definition) is 2. The summed E-state index contributed by atoms with van der Waals surface area (Å²) in [6, 6.07) is 14.2. The van der Waals surface area contributed by atoms with Crippen LogP contribution in [0.15, 0.2) is 42.5 Å². The molecule has 0 aliphatic carbocycles. The molecule has 2 nitrogen and oxygen atoms in total. The summed E-state index contributed by atoms with van der Waals surface area (Å²) in [5, 5.41) is 4.02. The number of hydrogen-bond donors (Lipinski definition) is 1. The summed E-state index contributed by atoms with van der Waals surface area (Å²) in [5.74, 6) is 1.48.